The Bertz CT molecular complexity index is 181. The minimum atomic E-state index is 0.393. The topological polar surface area (TPSA) is 29.3 Å². The van der Waals surface area contributed by atoms with Crippen molar-refractivity contribution in [3.63, 3.8) is 0 Å². The molecule has 0 aromatic heterocycles. The van der Waals surface area contributed by atoms with E-state index in [0.717, 1.165) is 6.54 Å². The molecule has 2 nitrogen and oxygen atoms in total. The van der Waals surface area contributed by atoms with Crippen LogP contribution in [0.4, 0.5) is 0 Å². The number of nitrogens with zero attached hydrogens (tertiary/aromatic N) is 1. The Morgan fingerprint density at radius 1 is 1.36 bits per heavy atom. The maximum Gasteiger partial charge on any atom is 0.0183 e. The van der Waals surface area contributed by atoms with Gasteiger partial charge in [0.1, 0.15) is 0 Å². The highest BCUT2D eigenvalue weighted by Gasteiger charge is 2.33. The molecule has 0 aromatic carbocycles. The fraction of sp³-hybridized carbons (Fsp3) is 1.00. The minimum Gasteiger partial charge on any atom is -0.326 e. The lowest BCUT2D eigenvalue weighted by molar-refractivity contribution is 0.158. The molecule has 1 aliphatic heterocycles. The van der Waals surface area contributed by atoms with Crippen LogP contribution in [0.3, 0.4) is 0 Å². The Balaban J connectivity index is 2.58. The third kappa shape index (κ3) is 3.25. The van der Waals surface area contributed by atoms with Gasteiger partial charge in [0.15, 0.2) is 0 Å². The van der Waals surface area contributed by atoms with Crippen molar-refractivity contribution in [1.29, 1.82) is 0 Å². The van der Waals surface area contributed by atoms with Crippen molar-refractivity contribution in [3.05, 3.63) is 0 Å². The Morgan fingerprint density at radius 3 is 2.36 bits per heavy atom. The van der Waals surface area contributed by atoms with Gasteiger partial charge in [-0.25, -0.2) is 0 Å². The molecule has 1 rings (SSSR count). The number of hydrogen-bond acceptors (Lipinski definition) is 2. The number of nitrogens with two attached hydrogens (primary N) is 1. The predicted octanol–water partition coefficient (Wildman–Crippen LogP) is 2.23. The van der Waals surface area contributed by atoms with Gasteiger partial charge in [-0.2, -0.15) is 0 Å². The quantitative estimate of drug-likeness (QED) is 0.737. The maximum absolute atomic E-state index is 6.03. The van der Waals surface area contributed by atoms with Gasteiger partial charge in [-0.1, -0.05) is 20.8 Å². The molecule has 84 valence electrons. The van der Waals surface area contributed by atoms with Gasteiger partial charge in [-0.15, -0.1) is 0 Å². The van der Waals surface area contributed by atoms with Crippen molar-refractivity contribution < 1.29 is 0 Å². The van der Waals surface area contributed by atoms with E-state index in [2.05, 4.69) is 39.5 Å². The average Bonchev–Trinajstić information content (AvgIpc) is 2.27. The molecule has 0 saturated carbocycles. The molecule has 0 spiro atoms. The lowest BCUT2D eigenvalue weighted by Crippen LogP contribution is -2.38. The second kappa shape index (κ2) is 4.19. The van der Waals surface area contributed by atoms with Crippen LogP contribution in [0.15, 0.2) is 0 Å². The second-order valence-corrected chi connectivity index (χ2v) is 6.20. The van der Waals surface area contributed by atoms with Crippen LogP contribution in [0, 0.1) is 5.41 Å². The zero-order valence-electron chi connectivity index (χ0n) is 10.4. The molecule has 2 atom stereocenters. The molecule has 2 unspecified atom stereocenters. The third-order valence-electron chi connectivity index (χ3n) is 3.00. The van der Waals surface area contributed by atoms with Gasteiger partial charge in [-0.05, 0) is 32.1 Å². The van der Waals surface area contributed by atoms with E-state index in [4.69, 9.17) is 5.73 Å². The summed E-state index contributed by atoms with van der Waals surface area (Å²) in [5.74, 6) is 0. The molecule has 1 saturated heterocycles. The summed E-state index contributed by atoms with van der Waals surface area (Å²) in [6, 6.07) is 1.73. The largest absolute Gasteiger partial charge is 0.326 e. The van der Waals surface area contributed by atoms with Crippen LogP contribution in [-0.2, 0) is 0 Å². The number of likely N-dealkylation sites (tertiary alicyclic amines) is 1. The number of rotatable bonds is 2. The lowest BCUT2D eigenvalue weighted by Gasteiger charge is -2.32. The van der Waals surface area contributed by atoms with E-state index in [1.54, 1.807) is 0 Å². The van der Waals surface area contributed by atoms with Crippen LogP contribution in [-0.4, -0.2) is 29.6 Å². The van der Waals surface area contributed by atoms with E-state index in [0.29, 0.717) is 23.5 Å². The van der Waals surface area contributed by atoms with Crippen molar-refractivity contribution >= 4 is 0 Å². The van der Waals surface area contributed by atoms with E-state index in [-0.39, 0.29) is 0 Å². The van der Waals surface area contributed by atoms with E-state index in [1.807, 2.05) is 0 Å². The Hall–Kier alpha value is -0.0800. The first-order valence-electron chi connectivity index (χ1n) is 5.81. The smallest absolute Gasteiger partial charge is 0.0183 e. The van der Waals surface area contributed by atoms with E-state index in [1.165, 1.54) is 12.8 Å². The van der Waals surface area contributed by atoms with Crippen LogP contribution in [0.1, 0.15) is 47.5 Å². The summed E-state index contributed by atoms with van der Waals surface area (Å²) in [4.78, 5) is 2.57. The van der Waals surface area contributed by atoms with Crippen LogP contribution >= 0.6 is 0 Å². The van der Waals surface area contributed by atoms with Crippen LogP contribution in [0.5, 0.6) is 0 Å². The molecule has 0 aromatic rings. The van der Waals surface area contributed by atoms with Gasteiger partial charge < -0.3 is 5.73 Å². The van der Waals surface area contributed by atoms with Gasteiger partial charge in [-0.3, -0.25) is 4.90 Å². The van der Waals surface area contributed by atoms with Gasteiger partial charge in [0.05, 0.1) is 0 Å². The lowest BCUT2D eigenvalue weighted by atomic mass is 9.87. The first kappa shape index (κ1) is 12.0. The van der Waals surface area contributed by atoms with Crippen LogP contribution in [0.2, 0.25) is 0 Å². The molecule has 1 aliphatic rings. The average molecular weight is 198 g/mol. The zero-order valence-corrected chi connectivity index (χ0v) is 10.4. The summed E-state index contributed by atoms with van der Waals surface area (Å²) in [5, 5.41) is 0. The SMILES string of the molecule is CC(C)N1CC(N)CC1CC(C)(C)C. The number of hydrogen-bond donors (Lipinski definition) is 1. The normalized spacial score (nSPS) is 30.2. The Kier molecular flexibility index (Phi) is 3.59. The van der Waals surface area contributed by atoms with Gasteiger partial charge >= 0.3 is 0 Å². The Labute approximate surface area is 88.8 Å². The van der Waals surface area contributed by atoms with Gasteiger partial charge in [0, 0.05) is 24.7 Å². The second-order valence-electron chi connectivity index (χ2n) is 6.20. The minimum absolute atomic E-state index is 0.393. The monoisotopic (exact) mass is 198 g/mol. The molecule has 14 heavy (non-hydrogen) atoms. The highest BCUT2D eigenvalue weighted by atomic mass is 15.2. The predicted molar refractivity (Wildman–Crippen MR) is 62.3 cm³/mol. The van der Waals surface area contributed by atoms with Crippen molar-refractivity contribution in [3.8, 4) is 0 Å². The highest BCUT2D eigenvalue weighted by molar-refractivity contribution is 4.91. The van der Waals surface area contributed by atoms with Crippen molar-refractivity contribution in [1.82, 2.24) is 4.90 Å². The van der Waals surface area contributed by atoms with E-state index in [9.17, 15) is 0 Å². The van der Waals surface area contributed by atoms with Gasteiger partial charge in [0.2, 0.25) is 0 Å². The molecule has 0 aliphatic carbocycles. The summed E-state index contributed by atoms with van der Waals surface area (Å²) < 4.78 is 0. The molecule has 2 N–H and O–H groups in total. The van der Waals surface area contributed by atoms with E-state index < -0.39 is 0 Å². The molecule has 1 heterocycles. The molecule has 0 radical (unpaired) electrons. The van der Waals surface area contributed by atoms with Crippen LogP contribution in [0.25, 0.3) is 0 Å². The first-order valence-corrected chi connectivity index (χ1v) is 5.81. The molecular weight excluding hydrogens is 172 g/mol. The first-order chi connectivity index (χ1) is 6.29. The molecule has 2 heteroatoms. The summed E-state index contributed by atoms with van der Waals surface area (Å²) in [6.45, 7) is 12.6. The van der Waals surface area contributed by atoms with Crippen molar-refractivity contribution in [2.45, 2.75) is 65.6 Å². The maximum atomic E-state index is 6.03. The molecule has 0 bridgehead atoms. The summed E-state index contributed by atoms with van der Waals surface area (Å²) in [7, 11) is 0. The van der Waals surface area contributed by atoms with Crippen molar-refractivity contribution in [2.75, 3.05) is 6.54 Å². The third-order valence-corrected chi connectivity index (χ3v) is 3.00. The standard InChI is InChI=1S/C12H26N2/c1-9(2)14-8-10(13)6-11(14)7-12(3,4)5/h9-11H,6-8,13H2,1-5H3. The fourth-order valence-corrected chi connectivity index (χ4v) is 2.52. The fourth-order valence-electron chi connectivity index (χ4n) is 2.52. The summed E-state index contributed by atoms with van der Waals surface area (Å²) in [5.41, 5.74) is 6.45. The van der Waals surface area contributed by atoms with Gasteiger partial charge in [0.25, 0.3) is 0 Å². The van der Waals surface area contributed by atoms with E-state index >= 15 is 0 Å². The molecule has 1 fully saturated rings. The Morgan fingerprint density at radius 2 is 1.93 bits per heavy atom. The zero-order chi connectivity index (χ0) is 10.9. The summed E-state index contributed by atoms with van der Waals surface area (Å²) in [6.07, 6.45) is 2.44. The highest BCUT2D eigenvalue weighted by Crippen LogP contribution is 2.30. The van der Waals surface area contributed by atoms with Crippen LogP contribution < -0.4 is 5.73 Å². The molecular formula is C12H26N2. The van der Waals surface area contributed by atoms with Crippen molar-refractivity contribution in [2.24, 2.45) is 11.1 Å². The molecule has 0 amide bonds. The summed E-state index contributed by atoms with van der Waals surface area (Å²) >= 11 is 0.